The van der Waals surface area contributed by atoms with Gasteiger partial charge < -0.3 is 15.4 Å². The van der Waals surface area contributed by atoms with Gasteiger partial charge in [0.25, 0.3) is 0 Å². The number of hydrogen-bond acceptors (Lipinski definition) is 4. The zero-order valence-corrected chi connectivity index (χ0v) is 12.3. The van der Waals surface area contributed by atoms with Crippen molar-refractivity contribution in [3.63, 3.8) is 0 Å². The Hall–Kier alpha value is -1.59. The summed E-state index contributed by atoms with van der Waals surface area (Å²) < 4.78 is 5.81. The lowest BCUT2D eigenvalue weighted by atomic mass is 10.1. The number of benzene rings is 1. The zero-order chi connectivity index (χ0) is 14.7. The fourth-order valence-corrected chi connectivity index (χ4v) is 3.19. The first kappa shape index (κ1) is 14.4. The predicted molar refractivity (Wildman–Crippen MR) is 81.0 cm³/mol. The van der Waals surface area contributed by atoms with Crippen LogP contribution in [-0.2, 0) is 11.3 Å². The monoisotopic (exact) mass is 289 g/mol. The average Bonchev–Trinajstić information content (AvgIpc) is 2.88. The number of ether oxygens (including phenoxy) is 1. The highest BCUT2D eigenvalue weighted by Gasteiger charge is 2.35. The van der Waals surface area contributed by atoms with E-state index in [0.717, 1.165) is 50.3 Å². The second-order valence-corrected chi connectivity index (χ2v) is 5.78. The van der Waals surface area contributed by atoms with Crippen LogP contribution in [0.2, 0.25) is 0 Å². The molecule has 0 saturated carbocycles. The first-order chi connectivity index (χ1) is 10.3. The molecule has 0 bridgehead atoms. The van der Waals surface area contributed by atoms with Crippen LogP contribution >= 0.6 is 0 Å². The third-order valence-corrected chi connectivity index (χ3v) is 4.39. The molecule has 5 nitrogen and oxygen atoms in total. The minimum Gasteiger partial charge on any atom is -0.492 e. The van der Waals surface area contributed by atoms with Crippen molar-refractivity contribution >= 4 is 5.91 Å². The molecule has 114 valence electrons. The van der Waals surface area contributed by atoms with Gasteiger partial charge in [-0.3, -0.25) is 9.69 Å². The first-order valence-corrected chi connectivity index (χ1v) is 7.70. The molecule has 21 heavy (non-hydrogen) atoms. The lowest BCUT2D eigenvalue weighted by Gasteiger charge is -2.37. The highest BCUT2D eigenvalue weighted by molar-refractivity contribution is 5.78. The van der Waals surface area contributed by atoms with E-state index in [2.05, 4.69) is 4.90 Å². The second kappa shape index (κ2) is 6.45. The summed E-state index contributed by atoms with van der Waals surface area (Å²) in [6, 6.07) is 8.36. The van der Waals surface area contributed by atoms with Crippen molar-refractivity contribution < 1.29 is 9.53 Å². The Labute approximate surface area is 125 Å². The molecule has 0 radical (unpaired) electrons. The Bertz CT molecular complexity index is 506. The summed E-state index contributed by atoms with van der Waals surface area (Å²) in [6.07, 6.45) is 1.73. The normalized spacial score (nSPS) is 22.4. The minimum absolute atomic E-state index is 0.328. The lowest BCUT2D eigenvalue weighted by molar-refractivity contribution is -0.130. The van der Waals surface area contributed by atoms with Crippen molar-refractivity contribution in [3.05, 3.63) is 29.8 Å². The maximum atomic E-state index is 11.6. The van der Waals surface area contributed by atoms with Gasteiger partial charge in [-0.2, -0.15) is 0 Å². The second-order valence-electron chi connectivity index (χ2n) is 5.78. The van der Waals surface area contributed by atoms with E-state index in [-0.39, 0.29) is 0 Å². The SMILES string of the molecule is NCc1cccc(OCCN2CCN3C(=O)CCC3C2)c1. The molecule has 2 N–H and O–H groups in total. The molecule has 3 rings (SSSR count). The molecular formula is C16H23N3O2. The Morgan fingerprint density at radius 1 is 1.33 bits per heavy atom. The smallest absolute Gasteiger partial charge is 0.222 e. The average molecular weight is 289 g/mol. The molecule has 1 unspecified atom stereocenters. The third kappa shape index (κ3) is 3.36. The number of rotatable bonds is 5. The molecule has 1 amide bonds. The molecule has 1 aromatic rings. The van der Waals surface area contributed by atoms with Gasteiger partial charge in [0.05, 0.1) is 0 Å². The molecule has 2 aliphatic rings. The zero-order valence-electron chi connectivity index (χ0n) is 12.3. The van der Waals surface area contributed by atoms with Crippen LogP contribution in [0.25, 0.3) is 0 Å². The Morgan fingerprint density at radius 3 is 3.10 bits per heavy atom. The van der Waals surface area contributed by atoms with Crippen molar-refractivity contribution in [1.29, 1.82) is 0 Å². The maximum Gasteiger partial charge on any atom is 0.222 e. The van der Waals surface area contributed by atoms with E-state index >= 15 is 0 Å². The van der Waals surface area contributed by atoms with Gasteiger partial charge in [0.1, 0.15) is 12.4 Å². The van der Waals surface area contributed by atoms with Crippen molar-refractivity contribution in [1.82, 2.24) is 9.80 Å². The standard InChI is InChI=1S/C16H23N3O2/c17-11-13-2-1-3-15(10-13)21-9-8-18-6-7-19-14(12-18)4-5-16(19)20/h1-3,10,14H,4-9,11-12,17H2. The molecular weight excluding hydrogens is 266 g/mol. The predicted octanol–water partition coefficient (Wildman–Crippen LogP) is 0.831. The Morgan fingerprint density at radius 2 is 2.24 bits per heavy atom. The van der Waals surface area contributed by atoms with Crippen LogP contribution in [0.1, 0.15) is 18.4 Å². The quantitative estimate of drug-likeness (QED) is 0.872. The van der Waals surface area contributed by atoms with E-state index < -0.39 is 0 Å². The van der Waals surface area contributed by atoms with E-state index in [1.807, 2.05) is 29.2 Å². The number of nitrogens with zero attached hydrogens (tertiary/aromatic N) is 2. The summed E-state index contributed by atoms with van der Waals surface area (Å²) in [6.45, 7) is 4.92. The van der Waals surface area contributed by atoms with Crippen molar-refractivity contribution in [2.24, 2.45) is 5.73 Å². The number of carbonyl (C=O) groups excluding carboxylic acids is 1. The van der Waals surface area contributed by atoms with Gasteiger partial charge in [-0.05, 0) is 24.1 Å². The fourth-order valence-electron chi connectivity index (χ4n) is 3.19. The molecule has 0 aliphatic carbocycles. The number of hydrogen-bond donors (Lipinski definition) is 1. The van der Waals surface area contributed by atoms with Crippen LogP contribution in [0.4, 0.5) is 0 Å². The Kier molecular flexibility index (Phi) is 4.41. The Balaban J connectivity index is 1.44. The van der Waals surface area contributed by atoms with Crippen LogP contribution in [0.3, 0.4) is 0 Å². The van der Waals surface area contributed by atoms with E-state index in [4.69, 9.17) is 10.5 Å². The molecule has 5 heteroatoms. The van der Waals surface area contributed by atoms with Crippen LogP contribution in [0.15, 0.2) is 24.3 Å². The number of amides is 1. The van der Waals surface area contributed by atoms with Gasteiger partial charge in [-0.25, -0.2) is 0 Å². The molecule has 1 atom stereocenters. The summed E-state index contributed by atoms with van der Waals surface area (Å²) in [4.78, 5) is 16.1. The van der Waals surface area contributed by atoms with Crippen molar-refractivity contribution in [3.8, 4) is 5.75 Å². The highest BCUT2D eigenvalue weighted by Crippen LogP contribution is 2.22. The number of piperazine rings is 1. The summed E-state index contributed by atoms with van der Waals surface area (Å²) >= 11 is 0. The largest absolute Gasteiger partial charge is 0.492 e. The minimum atomic E-state index is 0.328. The summed E-state index contributed by atoms with van der Waals surface area (Å²) in [5, 5.41) is 0. The maximum absolute atomic E-state index is 11.6. The van der Waals surface area contributed by atoms with Crippen molar-refractivity contribution in [2.45, 2.75) is 25.4 Å². The topological polar surface area (TPSA) is 58.8 Å². The number of fused-ring (bicyclic) bond motifs is 1. The lowest BCUT2D eigenvalue weighted by Crippen LogP contribution is -2.52. The molecule has 2 saturated heterocycles. The molecule has 2 fully saturated rings. The molecule has 2 heterocycles. The van der Waals surface area contributed by atoms with E-state index in [9.17, 15) is 4.79 Å². The summed E-state index contributed by atoms with van der Waals surface area (Å²) in [5.41, 5.74) is 6.72. The first-order valence-electron chi connectivity index (χ1n) is 7.70. The van der Waals surface area contributed by atoms with Crippen LogP contribution in [0.5, 0.6) is 5.75 Å². The van der Waals surface area contributed by atoms with E-state index in [1.165, 1.54) is 0 Å². The molecule has 2 aliphatic heterocycles. The van der Waals surface area contributed by atoms with Crippen LogP contribution < -0.4 is 10.5 Å². The van der Waals surface area contributed by atoms with Gasteiger partial charge in [0.2, 0.25) is 5.91 Å². The third-order valence-electron chi connectivity index (χ3n) is 4.39. The molecule has 0 spiro atoms. The summed E-state index contributed by atoms with van der Waals surface area (Å²) in [5.74, 6) is 1.21. The van der Waals surface area contributed by atoms with Gasteiger partial charge in [0.15, 0.2) is 0 Å². The van der Waals surface area contributed by atoms with Gasteiger partial charge in [0, 0.05) is 45.2 Å². The van der Waals surface area contributed by atoms with Gasteiger partial charge in [-0.15, -0.1) is 0 Å². The van der Waals surface area contributed by atoms with E-state index in [0.29, 0.717) is 25.1 Å². The summed E-state index contributed by atoms with van der Waals surface area (Å²) in [7, 11) is 0. The van der Waals surface area contributed by atoms with Crippen LogP contribution in [0, 0.1) is 0 Å². The number of carbonyl (C=O) groups is 1. The van der Waals surface area contributed by atoms with E-state index in [1.54, 1.807) is 0 Å². The van der Waals surface area contributed by atoms with Gasteiger partial charge in [-0.1, -0.05) is 12.1 Å². The highest BCUT2D eigenvalue weighted by atomic mass is 16.5. The molecule has 0 aromatic heterocycles. The fraction of sp³-hybridized carbons (Fsp3) is 0.562. The molecule has 1 aromatic carbocycles. The van der Waals surface area contributed by atoms with Gasteiger partial charge >= 0.3 is 0 Å². The van der Waals surface area contributed by atoms with Crippen LogP contribution in [-0.4, -0.2) is 54.5 Å². The number of nitrogens with two attached hydrogens (primary N) is 1. The van der Waals surface area contributed by atoms with Crippen molar-refractivity contribution in [2.75, 3.05) is 32.8 Å².